The zero-order valence-corrected chi connectivity index (χ0v) is 15.7. The third-order valence-electron chi connectivity index (χ3n) is 3.57. The Hall–Kier alpha value is -2.19. The molecule has 2 N–H and O–H groups in total. The van der Waals surface area contributed by atoms with Crippen LogP contribution >= 0.6 is 0 Å². The maximum absolute atomic E-state index is 10.7. The van der Waals surface area contributed by atoms with Crippen LogP contribution in [0, 0.1) is 10.1 Å². The predicted octanol–water partition coefficient (Wildman–Crippen LogP) is 2.48. The first-order valence-electron chi connectivity index (χ1n) is 8.99. The molecule has 0 spiro atoms. The van der Waals surface area contributed by atoms with Crippen LogP contribution in [0.5, 0.6) is 0 Å². The zero-order valence-electron chi connectivity index (χ0n) is 15.7. The maximum atomic E-state index is 10.7. The highest BCUT2D eigenvalue weighted by atomic mass is 16.6. The lowest BCUT2D eigenvalue weighted by molar-refractivity contribution is -0.384. The minimum atomic E-state index is -0.408. The minimum absolute atomic E-state index is 0.0809. The summed E-state index contributed by atoms with van der Waals surface area (Å²) in [6.45, 7) is 6.10. The van der Waals surface area contributed by atoms with Crippen molar-refractivity contribution in [1.29, 1.82) is 0 Å². The van der Waals surface area contributed by atoms with Gasteiger partial charge < -0.3 is 20.1 Å². The lowest BCUT2D eigenvalue weighted by atomic mass is 10.2. The van der Waals surface area contributed by atoms with Crippen molar-refractivity contribution in [2.24, 2.45) is 4.99 Å². The van der Waals surface area contributed by atoms with E-state index in [1.807, 2.05) is 0 Å². The number of ether oxygens (including phenoxy) is 2. The van der Waals surface area contributed by atoms with Crippen LogP contribution in [-0.2, 0) is 16.0 Å². The molecular formula is C18H30N4O4. The summed E-state index contributed by atoms with van der Waals surface area (Å²) in [5.74, 6) is 0.689. The van der Waals surface area contributed by atoms with Gasteiger partial charge in [-0.1, -0.05) is 25.5 Å². The highest BCUT2D eigenvalue weighted by Gasteiger charge is 2.04. The molecule has 0 saturated heterocycles. The molecule has 8 nitrogen and oxygen atoms in total. The van der Waals surface area contributed by atoms with Gasteiger partial charge in [-0.2, -0.15) is 0 Å². The number of methoxy groups -OCH3 is 1. The van der Waals surface area contributed by atoms with Crippen LogP contribution in [0.1, 0.15) is 31.7 Å². The van der Waals surface area contributed by atoms with E-state index in [9.17, 15) is 10.1 Å². The fourth-order valence-electron chi connectivity index (χ4n) is 2.07. The lowest BCUT2D eigenvalue weighted by Gasteiger charge is -2.12. The highest BCUT2D eigenvalue weighted by molar-refractivity contribution is 5.79. The van der Waals surface area contributed by atoms with Crippen molar-refractivity contribution in [3.63, 3.8) is 0 Å². The fourth-order valence-corrected chi connectivity index (χ4v) is 2.07. The molecule has 0 heterocycles. The van der Waals surface area contributed by atoms with Crippen molar-refractivity contribution in [3.8, 4) is 0 Å². The first-order chi connectivity index (χ1) is 12.7. The molecule has 1 rings (SSSR count). The van der Waals surface area contributed by atoms with Crippen molar-refractivity contribution in [2.45, 2.75) is 32.7 Å². The Morgan fingerprint density at radius 3 is 2.46 bits per heavy atom. The molecule has 26 heavy (non-hydrogen) atoms. The van der Waals surface area contributed by atoms with E-state index in [0.717, 1.165) is 44.6 Å². The number of hydrogen-bond donors (Lipinski definition) is 2. The summed E-state index contributed by atoms with van der Waals surface area (Å²) in [7, 11) is 1.65. The molecule has 0 aliphatic heterocycles. The molecule has 0 atom stereocenters. The van der Waals surface area contributed by atoms with E-state index in [1.54, 1.807) is 19.2 Å². The summed E-state index contributed by atoms with van der Waals surface area (Å²) in [4.78, 5) is 14.8. The Morgan fingerprint density at radius 1 is 1.12 bits per heavy atom. The molecule has 0 aliphatic carbocycles. The van der Waals surface area contributed by atoms with E-state index in [-0.39, 0.29) is 5.69 Å². The van der Waals surface area contributed by atoms with Crippen LogP contribution < -0.4 is 10.6 Å². The second-order valence-corrected chi connectivity index (χ2v) is 5.75. The van der Waals surface area contributed by atoms with Gasteiger partial charge in [-0.05, 0) is 18.4 Å². The smallest absolute Gasteiger partial charge is 0.269 e. The van der Waals surface area contributed by atoms with Crippen LogP contribution in [0.2, 0.25) is 0 Å². The standard InChI is InChI=1S/C18H30N4O4/c1-3-4-12-26-13-5-10-19-18(20-11-14-25-2)21-15-16-6-8-17(9-7-16)22(23)24/h6-9H,3-5,10-15H2,1-2H3,(H2,19,20,21). The average molecular weight is 366 g/mol. The molecule has 0 amide bonds. The van der Waals surface area contributed by atoms with E-state index >= 15 is 0 Å². The summed E-state index contributed by atoms with van der Waals surface area (Å²) in [6.07, 6.45) is 3.13. The van der Waals surface area contributed by atoms with Gasteiger partial charge in [0.2, 0.25) is 0 Å². The zero-order chi connectivity index (χ0) is 19.0. The first-order valence-corrected chi connectivity index (χ1v) is 8.99. The van der Waals surface area contributed by atoms with Gasteiger partial charge in [-0.25, -0.2) is 4.99 Å². The number of guanidine groups is 1. The Balaban J connectivity index is 2.44. The minimum Gasteiger partial charge on any atom is -0.383 e. The molecule has 1 aromatic rings. The van der Waals surface area contributed by atoms with Crippen molar-refractivity contribution in [2.75, 3.05) is 40.0 Å². The molecule has 0 aromatic heterocycles. The van der Waals surface area contributed by atoms with Crippen molar-refractivity contribution < 1.29 is 14.4 Å². The second kappa shape index (κ2) is 14.0. The Kier molecular flexibility index (Phi) is 11.8. The summed E-state index contributed by atoms with van der Waals surface area (Å²) < 4.78 is 10.6. The summed E-state index contributed by atoms with van der Waals surface area (Å²) in [5, 5.41) is 17.2. The summed E-state index contributed by atoms with van der Waals surface area (Å²) >= 11 is 0. The van der Waals surface area contributed by atoms with Gasteiger partial charge in [0.25, 0.3) is 5.69 Å². The molecule has 0 fully saturated rings. The molecule has 0 bridgehead atoms. The largest absolute Gasteiger partial charge is 0.383 e. The molecule has 0 radical (unpaired) electrons. The number of nitrogens with one attached hydrogen (secondary N) is 2. The number of nitro benzene ring substituents is 1. The van der Waals surface area contributed by atoms with Crippen LogP contribution in [0.3, 0.4) is 0 Å². The topological polar surface area (TPSA) is 98.0 Å². The number of nitrogens with zero attached hydrogens (tertiary/aromatic N) is 2. The molecule has 0 unspecified atom stereocenters. The molecule has 1 aromatic carbocycles. The molecule has 0 saturated carbocycles. The highest BCUT2D eigenvalue weighted by Crippen LogP contribution is 2.12. The van der Waals surface area contributed by atoms with Gasteiger partial charge in [-0.3, -0.25) is 10.1 Å². The third kappa shape index (κ3) is 9.95. The van der Waals surface area contributed by atoms with Crippen LogP contribution in [-0.4, -0.2) is 50.9 Å². The second-order valence-electron chi connectivity index (χ2n) is 5.75. The number of hydrogen-bond acceptors (Lipinski definition) is 5. The Morgan fingerprint density at radius 2 is 1.81 bits per heavy atom. The number of non-ortho nitro benzene ring substituents is 1. The Bertz CT molecular complexity index is 534. The average Bonchev–Trinajstić information content (AvgIpc) is 2.65. The monoisotopic (exact) mass is 366 g/mol. The van der Waals surface area contributed by atoms with Crippen LogP contribution in [0.15, 0.2) is 29.3 Å². The van der Waals surface area contributed by atoms with Gasteiger partial charge in [-0.15, -0.1) is 0 Å². The maximum Gasteiger partial charge on any atom is 0.269 e. The van der Waals surface area contributed by atoms with E-state index in [0.29, 0.717) is 25.7 Å². The number of unbranched alkanes of at least 4 members (excludes halogenated alkanes) is 1. The third-order valence-corrected chi connectivity index (χ3v) is 3.57. The normalized spacial score (nSPS) is 11.4. The lowest BCUT2D eigenvalue weighted by Crippen LogP contribution is -2.39. The van der Waals surface area contributed by atoms with E-state index < -0.39 is 4.92 Å². The van der Waals surface area contributed by atoms with Crippen molar-refractivity contribution >= 4 is 11.6 Å². The number of nitro groups is 1. The SMILES string of the molecule is CCCCOCCCNC(=NCc1ccc([N+](=O)[O-])cc1)NCCOC. The van der Waals surface area contributed by atoms with Gasteiger partial charge >= 0.3 is 0 Å². The first kappa shape index (κ1) is 21.9. The summed E-state index contributed by atoms with van der Waals surface area (Å²) in [5.41, 5.74) is 0.990. The van der Waals surface area contributed by atoms with Gasteiger partial charge in [0, 0.05) is 45.5 Å². The van der Waals surface area contributed by atoms with Gasteiger partial charge in [0.05, 0.1) is 18.1 Å². The molecular weight excluding hydrogens is 336 g/mol. The van der Waals surface area contributed by atoms with Crippen molar-refractivity contribution in [3.05, 3.63) is 39.9 Å². The number of aliphatic imine (C=N–C) groups is 1. The number of benzene rings is 1. The van der Waals surface area contributed by atoms with Crippen LogP contribution in [0.4, 0.5) is 5.69 Å². The molecule has 8 heteroatoms. The van der Waals surface area contributed by atoms with Gasteiger partial charge in [0.15, 0.2) is 5.96 Å². The number of rotatable bonds is 13. The van der Waals surface area contributed by atoms with Crippen LogP contribution in [0.25, 0.3) is 0 Å². The predicted molar refractivity (Wildman–Crippen MR) is 102 cm³/mol. The summed E-state index contributed by atoms with van der Waals surface area (Å²) in [6, 6.07) is 6.42. The quantitative estimate of drug-likeness (QED) is 0.183. The Labute approximate surface area is 155 Å². The van der Waals surface area contributed by atoms with E-state index in [4.69, 9.17) is 9.47 Å². The molecule has 0 aliphatic rings. The van der Waals surface area contributed by atoms with E-state index in [2.05, 4.69) is 22.5 Å². The van der Waals surface area contributed by atoms with Gasteiger partial charge in [0.1, 0.15) is 0 Å². The molecule has 146 valence electrons. The van der Waals surface area contributed by atoms with Crippen molar-refractivity contribution in [1.82, 2.24) is 10.6 Å². The van der Waals surface area contributed by atoms with E-state index in [1.165, 1.54) is 12.1 Å². The fraction of sp³-hybridized carbons (Fsp3) is 0.611.